The van der Waals surface area contributed by atoms with Gasteiger partial charge in [-0.2, -0.15) is 0 Å². The van der Waals surface area contributed by atoms with Gasteiger partial charge in [0.15, 0.2) is 0 Å². The number of hydrogen-bond acceptors (Lipinski definition) is 1. The topological polar surface area (TPSA) is 0 Å². The maximum atomic E-state index is 2.38. The Morgan fingerprint density at radius 1 is 0.524 bits per heavy atom. The van der Waals surface area contributed by atoms with Crippen LogP contribution in [0.15, 0.2) is 60.7 Å². The van der Waals surface area contributed by atoms with Crippen LogP contribution in [0.5, 0.6) is 0 Å². The van der Waals surface area contributed by atoms with Gasteiger partial charge < -0.3 is 0 Å². The third kappa shape index (κ3) is 1.06. The van der Waals surface area contributed by atoms with Gasteiger partial charge in [0.05, 0.1) is 0 Å². The van der Waals surface area contributed by atoms with Crippen molar-refractivity contribution in [3.8, 4) is 22.3 Å². The largest absolute Gasteiger partial charge is 0.135 e. The molecule has 5 aromatic rings. The Morgan fingerprint density at radius 2 is 1.33 bits per heavy atom. The van der Waals surface area contributed by atoms with Crippen molar-refractivity contribution in [3.05, 3.63) is 60.7 Å². The zero-order valence-electron chi connectivity index (χ0n) is 11.2. The molecule has 0 nitrogen and oxygen atoms in total. The minimum absolute atomic E-state index is 1.37. The second-order valence-corrected chi connectivity index (χ2v) is 6.87. The van der Waals surface area contributed by atoms with Gasteiger partial charge in [0.25, 0.3) is 0 Å². The molecule has 1 aliphatic rings. The molecule has 4 aromatic carbocycles. The van der Waals surface area contributed by atoms with Crippen LogP contribution in [-0.2, 0) is 0 Å². The molecule has 0 unspecified atom stereocenters. The molecule has 0 amide bonds. The summed E-state index contributed by atoms with van der Waals surface area (Å²) in [5, 5.41) is 5.75. The first-order valence-corrected chi connectivity index (χ1v) is 8.03. The third-order valence-electron chi connectivity index (χ3n) is 4.77. The first-order chi connectivity index (χ1) is 10.4. The maximum Gasteiger partial charge on any atom is 0.0362 e. The summed E-state index contributed by atoms with van der Waals surface area (Å²) in [6.45, 7) is 0. The fraction of sp³-hybridized carbons (Fsp3) is 0. The fourth-order valence-electron chi connectivity index (χ4n) is 3.95. The molecule has 0 saturated heterocycles. The van der Waals surface area contributed by atoms with Crippen molar-refractivity contribution in [3.63, 3.8) is 0 Å². The molecule has 0 spiro atoms. The van der Waals surface area contributed by atoms with E-state index in [4.69, 9.17) is 0 Å². The van der Waals surface area contributed by atoms with E-state index in [-0.39, 0.29) is 0 Å². The van der Waals surface area contributed by atoms with Gasteiger partial charge in [-0.3, -0.25) is 0 Å². The lowest BCUT2D eigenvalue weighted by Gasteiger charge is -2.05. The van der Waals surface area contributed by atoms with Crippen molar-refractivity contribution in [2.24, 2.45) is 0 Å². The molecule has 0 fully saturated rings. The van der Waals surface area contributed by atoms with Crippen LogP contribution in [0.3, 0.4) is 0 Å². The average Bonchev–Trinajstić information content (AvgIpc) is 3.05. The summed E-state index contributed by atoms with van der Waals surface area (Å²) >= 11 is 1.91. The fourth-order valence-corrected chi connectivity index (χ4v) is 5.10. The molecule has 0 saturated carbocycles. The van der Waals surface area contributed by atoms with E-state index in [9.17, 15) is 0 Å². The summed E-state index contributed by atoms with van der Waals surface area (Å²) < 4.78 is 2.82. The summed E-state index contributed by atoms with van der Waals surface area (Å²) in [5.41, 5.74) is 5.57. The van der Waals surface area contributed by atoms with Crippen LogP contribution in [0, 0.1) is 0 Å². The highest BCUT2D eigenvalue weighted by molar-refractivity contribution is 7.26. The minimum Gasteiger partial charge on any atom is -0.135 e. The smallest absolute Gasteiger partial charge is 0.0362 e. The zero-order chi connectivity index (χ0) is 13.6. The lowest BCUT2D eigenvalue weighted by Crippen LogP contribution is -1.78. The monoisotopic (exact) mass is 282 g/mol. The SMILES string of the molecule is c1ccc2c(c1)-c1ccc3sc4cccc5cc-2c1c3c54. The van der Waals surface area contributed by atoms with Crippen LogP contribution < -0.4 is 0 Å². The van der Waals surface area contributed by atoms with Crippen molar-refractivity contribution in [2.75, 3.05) is 0 Å². The Hall–Kier alpha value is -2.38. The standard InChI is InChI=1S/C20H10S/c1-2-6-13-12(5-1)14-8-9-17-20-18-11(10-15(13)19(14)20)4-3-7-16(18)21-17/h1-10H. The predicted molar refractivity (Wildman–Crippen MR) is 92.5 cm³/mol. The van der Waals surface area contributed by atoms with Crippen LogP contribution in [0.2, 0.25) is 0 Å². The van der Waals surface area contributed by atoms with E-state index in [1.807, 2.05) is 11.3 Å². The molecule has 6 rings (SSSR count). The zero-order valence-corrected chi connectivity index (χ0v) is 12.0. The Balaban J connectivity index is 2.04. The molecule has 1 aliphatic carbocycles. The Kier molecular flexibility index (Phi) is 1.61. The van der Waals surface area contributed by atoms with Gasteiger partial charge in [0, 0.05) is 20.2 Å². The van der Waals surface area contributed by atoms with Crippen LogP contribution in [-0.4, -0.2) is 0 Å². The summed E-state index contributed by atoms with van der Waals surface area (Å²) in [5.74, 6) is 0. The number of hydrogen-bond donors (Lipinski definition) is 0. The van der Waals surface area contributed by atoms with E-state index in [0.717, 1.165) is 0 Å². The molecular formula is C20H10S. The molecule has 21 heavy (non-hydrogen) atoms. The van der Waals surface area contributed by atoms with Gasteiger partial charge in [0.2, 0.25) is 0 Å². The second kappa shape index (κ2) is 3.26. The van der Waals surface area contributed by atoms with E-state index < -0.39 is 0 Å². The predicted octanol–water partition coefficient (Wildman–Crippen LogP) is 6.29. The molecule has 1 aromatic heterocycles. The van der Waals surface area contributed by atoms with Crippen molar-refractivity contribution < 1.29 is 0 Å². The van der Waals surface area contributed by atoms with Gasteiger partial charge in [-0.1, -0.05) is 42.5 Å². The van der Waals surface area contributed by atoms with Crippen LogP contribution in [0.25, 0.3) is 53.2 Å². The van der Waals surface area contributed by atoms with E-state index >= 15 is 0 Å². The molecule has 0 N–H and O–H groups in total. The first kappa shape index (κ1) is 10.4. The van der Waals surface area contributed by atoms with Gasteiger partial charge in [0.1, 0.15) is 0 Å². The molecule has 96 valence electrons. The van der Waals surface area contributed by atoms with Crippen molar-refractivity contribution in [1.82, 2.24) is 0 Å². The summed E-state index contributed by atoms with van der Waals surface area (Å²) in [6.07, 6.45) is 0. The first-order valence-electron chi connectivity index (χ1n) is 7.22. The van der Waals surface area contributed by atoms with E-state index in [1.54, 1.807) is 0 Å². The Morgan fingerprint density at radius 3 is 2.24 bits per heavy atom. The number of thiophene rings is 1. The van der Waals surface area contributed by atoms with Crippen molar-refractivity contribution in [1.29, 1.82) is 0 Å². The van der Waals surface area contributed by atoms with Gasteiger partial charge >= 0.3 is 0 Å². The molecule has 0 bridgehead atoms. The van der Waals surface area contributed by atoms with Crippen LogP contribution >= 0.6 is 11.3 Å². The lowest BCUT2D eigenvalue weighted by molar-refractivity contribution is 1.70. The molecule has 1 heterocycles. The average molecular weight is 282 g/mol. The van der Waals surface area contributed by atoms with Gasteiger partial charge in [-0.05, 0) is 51.2 Å². The summed E-state index contributed by atoms with van der Waals surface area (Å²) in [7, 11) is 0. The molecular weight excluding hydrogens is 272 g/mol. The van der Waals surface area contributed by atoms with E-state index in [1.165, 1.54) is 53.2 Å². The number of rotatable bonds is 0. The Bertz CT molecular complexity index is 1180. The number of fused-ring (bicyclic) bond motifs is 3. The quantitative estimate of drug-likeness (QED) is 0.287. The van der Waals surface area contributed by atoms with Crippen LogP contribution in [0.1, 0.15) is 0 Å². The van der Waals surface area contributed by atoms with Crippen molar-refractivity contribution >= 4 is 42.3 Å². The lowest BCUT2D eigenvalue weighted by atomic mass is 9.97. The molecule has 0 aliphatic heterocycles. The number of benzene rings is 4. The Labute approximate surface area is 125 Å². The highest BCUT2D eigenvalue weighted by Gasteiger charge is 2.24. The second-order valence-electron chi connectivity index (χ2n) is 5.79. The van der Waals surface area contributed by atoms with Crippen LogP contribution in [0.4, 0.5) is 0 Å². The maximum absolute atomic E-state index is 2.38. The van der Waals surface area contributed by atoms with E-state index in [2.05, 4.69) is 60.7 Å². The highest BCUT2D eigenvalue weighted by Crippen LogP contribution is 2.53. The summed E-state index contributed by atoms with van der Waals surface area (Å²) in [4.78, 5) is 0. The molecule has 0 radical (unpaired) electrons. The third-order valence-corrected chi connectivity index (χ3v) is 5.89. The van der Waals surface area contributed by atoms with Crippen molar-refractivity contribution in [2.45, 2.75) is 0 Å². The minimum atomic E-state index is 1.37. The van der Waals surface area contributed by atoms with Gasteiger partial charge in [-0.15, -0.1) is 11.3 Å². The van der Waals surface area contributed by atoms with E-state index in [0.29, 0.717) is 0 Å². The molecule has 1 heteroatoms. The molecule has 0 atom stereocenters. The summed E-state index contributed by atoms with van der Waals surface area (Å²) in [6, 6.07) is 22.4. The van der Waals surface area contributed by atoms with Gasteiger partial charge in [-0.25, -0.2) is 0 Å². The normalized spacial score (nSPS) is 12.8. The highest BCUT2D eigenvalue weighted by atomic mass is 32.1.